The Kier molecular flexibility index (Phi) is 6.55. The fourth-order valence-electron chi connectivity index (χ4n) is 3.36. The molecule has 1 amide bonds. The van der Waals surface area contributed by atoms with Crippen molar-refractivity contribution in [2.24, 2.45) is 0 Å². The Bertz CT molecular complexity index is 1410. The number of hydrogen-bond acceptors (Lipinski definition) is 7. The number of methoxy groups -OCH3 is 1. The lowest BCUT2D eigenvalue weighted by molar-refractivity contribution is -0.121. The molecule has 33 heavy (non-hydrogen) atoms. The second-order valence-corrected chi connectivity index (χ2v) is 10.2. The van der Waals surface area contributed by atoms with Crippen molar-refractivity contribution < 1.29 is 22.1 Å². The Morgan fingerprint density at radius 2 is 1.85 bits per heavy atom. The minimum atomic E-state index is -4.12. The summed E-state index contributed by atoms with van der Waals surface area (Å²) in [6, 6.07) is 16.9. The minimum absolute atomic E-state index is 0.0433. The van der Waals surface area contributed by atoms with Crippen LogP contribution in [0.3, 0.4) is 0 Å². The Labute approximate surface area is 201 Å². The van der Waals surface area contributed by atoms with Crippen LogP contribution in [0, 0.1) is 0 Å². The molecule has 0 N–H and O–H groups in total. The van der Waals surface area contributed by atoms with Crippen LogP contribution in [-0.4, -0.2) is 37.2 Å². The first-order valence-electron chi connectivity index (χ1n) is 9.80. The Hall–Kier alpha value is -3.14. The topological polar surface area (TPSA) is 72.9 Å². The highest BCUT2D eigenvalue weighted by Crippen LogP contribution is 2.36. The number of benzene rings is 3. The number of thioether (sulfide) groups is 1. The molecule has 4 rings (SSSR count). The van der Waals surface area contributed by atoms with Gasteiger partial charge in [-0.2, -0.15) is 8.42 Å². The van der Waals surface area contributed by atoms with Gasteiger partial charge in [0.1, 0.15) is 9.22 Å². The van der Waals surface area contributed by atoms with Crippen molar-refractivity contribution >= 4 is 61.2 Å². The van der Waals surface area contributed by atoms with E-state index in [9.17, 15) is 13.2 Å². The molecule has 0 radical (unpaired) electrons. The lowest BCUT2D eigenvalue weighted by atomic mass is 10.1. The molecule has 3 aromatic rings. The molecule has 6 nitrogen and oxygen atoms in total. The summed E-state index contributed by atoms with van der Waals surface area (Å²) in [5.74, 6) is 0.0543. The summed E-state index contributed by atoms with van der Waals surface area (Å²) in [5.41, 5.74) is 0.640. The van der Waals surface area contributed by atoms with Crippen LogP contribution < -0.4 is 8.92 Å². The number of nitrogens with zero attached hydrogens (tertiary/aromatic N) is 1. The molecular formula is C24H19NO5S3. The van der Waals surface area contributed by atoms with Gasteiger partial charge in [-0.05, 0) is 35.2 Å². The molecule has 0 atom stereocenters. The molecule has 9 heteroatoms. The molecule has 0 aliphatic carbocycles. The maximum atomic E-state index is 13.1. The molecule has 1 aliphatic heterocycles. The molecule has 0 saturated carbocycles. The van der Waals surface area contributed by atoms with Gasteiger partial charge in [-0.3, -0.25) is 9.69 Å². The van der Waals surface area contributed by atoms with Crippen molar-refractivity contribution in [3.05, 3.63) is 83.8 Å². The van der Waals surface area contributed by atoms with Crippen LogP contribution in [0.1, 0.15) is 5.56 Å². The molecule has 3 aromatic carbocycles. The van der Waals surface area contributed by atoms with E-state index in [-0.39, 0.29) is 22.3 Å². The van der Waals surface area contributed by atoms with Crippen LogP contribution in [0.25, 0.3) is 16.8 Å². The SMILES string of the molecule is C=CCN1C(=O)/C(=C\c2ccc(OS(=O)(=O)c3cccc4ccccc34)c(OC)c2)SC1=S. The van der Waals surface area contributed by atoms with Crippen molar-refractivity contribution in [3.63, 3.8) is 0 Å². The number of carbonyl (C=O) groups excluding carboxylic acids is 1. The van der Waals surface area contributed by atoms with Crippen molar-refractivity contribution in [2.75, 3.05) is 13.7 Å². The van der Waals surface area contributed by atoms with E-state index in [1.165, 1.54) is 35.9 Å². The predicted molar refractivity (Wildman–Crippen MR) is 135 cm³/mol. The van der Waals surface area contributed by atoms with Gasteiger partial charge in [-0.15, -0.1) is 6.58 Å². The highest BCUT2D eigenvalue weighted by atomic mass is 32.2. The maximum absolute atomic E-state index is 13.1. The van der Waals surface area contributed by atoms with E-state index in [2.05, 4.69) is 6.58 Å². The molecule has 1 saturated heterocycles. The molecule has 0 unspecified atom stereocenters. The van der Waals surface area contributed by atoms with E-state index < -0.39 is 10.1 Å². The van der Waals surface area contributed by atoms with E-state index in [0.29, 0.717) is 26.7 Å². The van der Waals surface area contributed by atoms with E-state index in [1.54, 1.807) is 42.5 Å². The largest absolute Gasteiger partial charge is 0.493 e. The smallest absolute Gasteiger partial charge is 0.339 e. The summed E-state index contributed by atoms with van der Waals surface area (Å²) in [4.78, 5) is 14.5. The van der Waals surface area contributed by atoms with Crippen LogP contribution in [0.2, 0.25) is 0 Å². The Morgan fingerprint density at radius 3 is 2.61 bits per heavy atom. The summed E-state index contributed by atoms with van der Waals surface area (Å²) in [7, 11) is -2.71. The molecule has 0 spiro atoms. The van der Waals surface area contributed by atoms with E-state index in [1.807, 2.05) is 18.2 Å². The molecule has 1 aliphatic rings. The van der Waals surface area contributed by atoms with Gasteiger partial charge in [0.25, 0.3) is 5.91 Å². The van der Waals surface area contributed by atoms with Crippen molar-refractivity contribution in [3.8, 4) is 11.5 Å². The third-order valence-corrected chi connectivity index (χ3v) is 7.56. The zero-order chi connectivity index (χ0) is 23.6. The van der Waals surface area contributed by atoms with Gasteiger partial charge in [0, 0.05) is 11.9 Å². The predicted octanol–water partition coefficient (Wildman–Crippen LogP) is 5.00. The molecule has 0 aromatic heterocycles. The highest BCUT2D eigenvalue weighted by molar-refractivity contribution is 8.26. The average molecular weight is 498 g/mol. The quantitative estimate of drug-likeness (QED) is 0.197. The van der Waals surface area contributed by atoms with Gasteiger partial charge in [0.05, 0.1) is 12.0 Å². The monoisotopic (exact) mass is 497 g/mol. The third kappa shape index (κ3) is 4.66. The van der Waals surface area contributed by atoms with Gasteiger partial charge in [0.15, 0.2) is 11.5 Å². The number of hydrogen-bond donors (Lipinski definition) is 0. The van der Waals surface area contributed by atoms with Gasteiger partial charge in [0.2, 0.25) is 0 Å². The fraction of sp³-hybridized carbons (Fsp3) is 0.0833. The van der Waals surface area contributed by atoms with E-state index in [0.717, 1.165) is 5.39 Å². The van der Waals surface area contributed by atoms with E-state index >= 15 is 0 Å². The summed E-state index contributed by atoms with van der Waals surface area (Å²) >= 11 is 6.45. The van der Waals surface area contributed by atoms with Gasteiger partial charge in [-0.25, -0.2) is 0 Å². The number of thiocarbonyl (C=S) groups is 1. The normalized spacial score (nSPS) is 15.3. The highest BCUT2D eigenvalue weighted by Gasteiger charge is 2.31. The zero-order valence-electron chi connectivity index (χ0n) is 17.6. The number of ether oxygens (including phenoxy) is 1. The Morgan fingerprint density at radius 1 is 1.09 bits per heavy atom. The molecule has 1 fully saturated rings. The first-order chi connectivity index (χ1) is 15.8. The molecule has 168 valence electrons. The first kappa shape index (κ1) is 23.0. The molecule has 0 bridgehead atoms. The lowest BCUT2D eigenvalue weighted by Gasteiger charge is -2.13. The second kappa shape index (κ2) is 9.38. The van der Waals surface area contributed by atoms with Crippen LogP contribution in [-0.2, 0) is 14.9 Å². The zero-order valence-corrected chi connectivity index (χ0v) is 20.0. The van der Waals surface area contributed by atoms with Crippen LogP contribution in [0.4, 0.5) is 0 Å². The van der Waals surface area contributed by atoms with Crippen LogP contribution >= 0.6 is 24.0 Å². The number of carbonyl (C=O) groups is 1. The average Bonchev–Trinajstić information content (AvgIpc) is 3.07. The van der Waals surface area contributed by atoms with E-state index in [4.69, 9.17) is 21.1 Å². The van der Waals surface area contributed by atoms with Crippen molar-refractivity contribution in [2.45, 2.75) is 4.90 Å². The van der Waals surface area contributed by atoms with Crippen LogP contribution in [0.5, 0.6) is 11.5 Å². The fourth-order valence-corrected chi connectivity index (χ4v) is 5.80. The minimum Gasteiger partial charge on any atom is -0.493 e. The van der Waals surface area contributed by atoms with Gasteiger partial charge in [-0.1, -0.05) is 72.5 Å². The second-order valence-electron chi connectivity index (χ2n) is 7.01. The summed E-state index contributed by atoms with van der Waals surface area (Å²) in [5, 5.41) is 1.36. The number of fused-ring (bicyclic) bond motifs is 1. The Balaban J connectivity index is 1.65. The van der Waals surface area contributed by atoms with Gasteiger partial charge >= 0.3 is 10.1 Å². The number of amides is 1. The number of rotatable bonds is 7. The van der Waals surface area contributed by atoms with Crippen molar-refractivity contribution in [1.82, 2.24) is 4.90 Å². The summed E-state index contributed by atoms with van der Waals surface area (Å²) in [6.07, 6.45) is 3.28. The standard InChI is InChI=1S/C24H19NO5S3/c1-3-13-25-23(26)21(32-24(25)31)15-16-11-12-19(20(14-16)29-2)30-33(27,28)22-10-6-8-17-7-4-5-9-18(17)22/h3-12,14-15H,1,13H2,2H3/b21-15+. The first-order valence-corrected chi connectivity index (χ1v) is 12.4. The lowest BCUT2D eigenvalue weighted by Crippen LogP contribution is -2.27. The summed E-state index contributed by atoms with van der Waals surface area (Å²) in [6.45, 7) is 3.98. The molecular weight excluding hydrogens is 478 g/mol. The van der Waals surface area contributed by atoms with Gasteiger partial charge < -0.3 is 8.92 Å². The molecule has 1 heterocycles. The van der Waals surface area contributed by atoms with Crippen molar-refractivity contribution in [1.29, 1.82) is 0 Å². The third-order valence-electron chi connectivity index (χ3n) is 4.89. The van der Waals surface area contributed by atoms with Crippen LogP contribution in [0.15, 0.2) is 83.1 Å². The summed E-state index contributed by atoms with van der Waals surface area (Å²) < 4.78 is 37.4. The maximum Gasteiger partial charge on any atom is 0.339 e.